The fraction of sp³-hybridized carbons (Fsp3) is 0.200. The minimum Gasteiger partial charge on any atom is -0.395 e. The van der Waals surface area contributed by atoms with Gasteiger partial charge in [0.1, 0.15) is 0 Å². The van der Waals surface area contributed by atoms with Crippen molar-refractivity contribution in [1.29, 1.82) is 0 Å². The zero-order chi connectivity index (χ0) is 18.8. The highest BCUT2D eigenvalue weighted by atomic mass is 79.9. The van der Waals surface area contributed by atoms with E-state index >= 15 is 0 Å². The van der Waals surface area contributed by atoms with Gasteiger partial charge in [-0.15, -0.1) is 0 Å². The number of pyridine rings is 1. The molecule has 27 heavy (non-hydrogen) atoms. The van der Waals surface area contributed by atoms with E-state index in [2.05, 4.69) is 49.0 Å². The van der Waals surface area contributed by atoms with Crippen LogP contribution in [-0.4, -0.2) is 37.8 Å². The molecule has 1 aliphatic heterocycles. The number of hydrogen-bond donors (Lipinski definition) is 2. The lowest BCUT2D eigenvalue weighted by Gasteiger charge is -2.28. The Morgan fingerprint density at radius 1 is 1.15 bits per heavy atom. The van der Waals surface area contributed by atoms with Crippen LogP contribution >= 0.6 is 28.1 Å². The second kappa shape index (κ2) is 7.80. The zero-order valence-corrected chi connectivity index (χ0v) is 16.9. The van der Waals surface area contributed by atoms with Crippen molar-refractivity contribution in [1.82, 2.24) is 19.8 Å². The molecule has 1 aliphatic rings. The summed E-state index contributed by atoms with van der Waals surface area (Å²) in [7, 11) is 0. The van der Waals surface area contributed by atoms with Gasteiger partial charge in [-0.3, -0.25) is 4.98 Å². The van der Waals surface area contributed by atoms with Gasteiger partial charge in [-0.25, -0.2) is 0 Å². The van der Waals surface area contributed by atoms with Crippen LogP contribution in [0.5, 0.6) is 0 Å². The lowest BCUT2D eigenvalue weighted by Crippen LogP contribution is -2.32. The molecule has 7 heteroatoms. The Kier molecular flexibility index (Phi) is 5.24. The van der Waals surface area contributed by atoms with Crippen molar-refractivity contribution in [3.8, 4) is 5.69 Å². The number of thiocarbonyl (C=S) groups is 1. The van der Waals surface area contributed by atoms with E-state index in [4.69, 9.17) is 12.2 Å². The van der Waals surface area contributed by atoms with Crippen LogP contribution in [0.25, 0.3) is 5.69 Å². The first kappa shape index (κ1) is 18.2. The number of rotatable bonds is 5. The molecule has 1 saturated heterocycles. The third-order valence-corrected chi connectivity index (χ3v) is 5.55. The summed E-state index contributed by atoms with van der Waals surface area (Å²) in [5.41, 5.74) is 3.07. The molecule has 0 radical (unpaired) electrons. The molecule has 5 nitrogen and oxygen atoms in total. The second-order valence-corrected chi connectivity index (χ2v) is 7.63. The molecule has 0 spiro atoms. The van der Waals surface area contributed by atoms with Crippen molar-refractivity contribution < 1.29 is 5.11 Å². The number of aromatic nitrogens is 2. The van der Waals surface area contributed by atoms with Crippen LogP contribution in [0.4, 0.5) is 0 Å². The normalized spacial score (nSPS) is 19.3. The molecule has 0 aliphatic carbocycles. The van der Waals surface area contributed by atoms with Gasteiger partial charge >= 0.3 is 0 Å². The SMILES string of the molecule is OCCN1C(=S)N[C@H](c2ccccn2)[C@H]1c1cccn1-c1cccc(Br)c1. The van der Waals surface area contributed by atoms with Gasteiger partial charge in [0.15, 0.2) is 5.11 Å². The lowest BCUT2D eigenvalue weighted by molar-refractivity contribution is 0.220. The number of aliphatic hydroxyl groups is 1. The van der Waals surface area contributed by atoms with Gasteiger partial charge in [0.25, 0.3) is 0 Å². The second-order valence-electron chi connectivity index (χ2n) is 6.33. The summed E-state index contributed by atoms with van der Waals surface area (Å²) in [6.07, 6.45) is 3.84. The number of benzene rings is 1. The van der Waals surface area contributed by atoms with E-state index in [1.807, 2.05) is 47.5 Å². The van der Waals surface area contributed by atoms with Crippen LogP contribution < -0.4 is 5.32 Å². The molecule has 2 atom stereocenters. The van der Waals surface area contributed by atoms with E-state index in [0.717, 1.165) is 21.5 Å². The van der Waals surface area contributed by atoms with Gasteiger partial charge in [-0.05, 0) is 54.7 Å². The first-order valence-corrected chi connectivity index (χ1v) is 9.91. The standard InChI is InChI=1S/C20H19BrN4OS/c21-14-5-3-6-15(13-14)24-10-4-8-17(24)19-18(16-7-1-2-9-22-16)23-20(27)25(19)11-12-26/h1-10,13,18-19,26H,11-12H2,(H,23,27)/t18-,19-/m1/s1. The fourth-order valence-corrected chi connectivity index (χ4v) is 4.29. The molecule has 0 unspecified atom stereocenters. The third-order valence-electron chi connectivity index (χ3n) is 4.71. The Hall–Kier alpha value is -2.22. The van der Waals surface area contributed by atoms with E-state index in [9.17, 15) is 5.11 Å². The Morgan fingerprint density at radius 3 is 2.78 bits per heavy atom. The van der Waals surface area contributed by atoms with Crippen molar-refractivity contribution in [2.24, 2.45) is 0 Å². The topological polar surface area (TPSA) is 53.3 Å². The van der Waals surface area contributed by atoms with Gasteiger partial charge in [-0.2, -0.15) is 0 Å². The maximum Gasteiger partial charge on any atom is 0.170 e. The minimum absolute atomic E-state index is 0.0326. The molecule has 1 fully saturated rings. The zero-order valence-electron chi connectivity index (χ0n) is 14.5. The Morgan fingerprint density at radius 2 is 2.04 bits per heavy atom. The van der Waals surface area contributed by atoms with Gasteiger partial charge < -0.3 is 19.9 Å². The van der Waals surface area contributed by atoms with Crippen molar-refractivity contribution in [3.63, 3.8) is 0 Å². The predicted molar refractivity (Wildman–Crippen MR) is 113 cm³/mol. The monoisotopic (exact) mass is 442 g/mol. The van der Waals surface area contributed by atoms with Crippen molar-refractivity contribution in [3.05, 3.63) is 82.9 Å². The van der Waals surface area contributed by atoms with Crippen LogP contribution in [0.1, 0.15) is 23.5 Å². The third kappa shape index (κ3) is 3.50. The maximum atomic E-state index is 9.58. The quantitative estimate of drug-likeness (QED) is 0.591. The molecule has 1 aromatic carbocycles. The first-order chi connectivity index (χ1) is 13.2. The molecule has 0 bridgehead atoms. The van der Waals surface area contributed by atoms with Crippen LogP contribution in [-0.2, 0) is 0 Å². The van der Waals surface area contributed by atoms with Gasteiger partial charge in [0.05, 0.1) is 24.4 Å². The van der Waals surface area contributed by atoms with E-state index in [1.54, 1.807) is 6.20 Å². The number of β-amino-alcohol motifs (C(OH)–C–C–N with tert-alkyl or cyclic N) is 1. The number of nitrogens with zero attached hydrogens (tertiary/aromatic N) is 3. The Labute approximate surface area is 171 Å². The predicted octanol–water partition coefficient (Wildman–Crippen LogP) is 3.60. The summed E-state index contributed by atoms with van der Waals surface area (Å²) in [5, 5.41) is 13.6. The smallest absolute Gasteiger partial charge is 0.170 e. The first-order valence-electron chi connectivity index (χ1n) is 8.71. The summed E-state index contributed by atoms with van der Waals surface area (Å²) >= 11 is 9.12. The van der Waals surface area contributed by atoms with Crippen molar-refractivity contribution >= 4 is 33.3 Å². The lowest BCUT2D eigenvalue weighted by atomic mass is 10.0. The van der Waals surface area contributed by atoms with Gasteiger partial charge in [-0.1, -0.05) is 28.1 Å². The highest BCUT2D eigenvalue weighted by molar-refractivity contribution is 9.10. The number of nitrogens with one attached hydrogen (secondary N) is 1. The average molecular weight is 443 g/mol. The van der Waals surface area contributed by atoms with Crippen molar-refractivity contribution in [2.45, 2.75) is 12.1 Å². The summed E-state index contributed by atoms with van der Waals surface area (Å²) < 4.78 is 3.18. The Balaban J connectivity index is 1.81. The molecule has 0 amide bonds. The van der Waals surface area contributed by atoms with Crippen LogP contribution in [0.15, 0.2) is 71.5 Å². The minimum atomic E-state index is -0.0916. The van der Waals surface area contributed by atoms with Crippen molar-refractivity contribution in [2.75, 3.05) is 13.2 Å². The average Bonchev–Trinajstić information content (AvgIpc) is 3.28. The van der Waals surface area contributed by atoms with Crippen LogP contribution in [0.2, 0.25) is 0 Å². The molecule has 0 saturated carbocycles. The van der Waals surface area contributed by atoms with E-state index in [-0.39, 0.29) is 18.7 Å². The molecule has 3 aromatic rings. The molecule has 3 heterocycles. The molecular weight excluding hydrogens is 424 g/mol. The van der Waals surface area contributed by atoms with E-state index in [0.29, 0.717) is 11.7 Å². The van der Waals surface area contributed by atoms with Gasteiger partial charge in [0, 0.05) is 34.8 Å². The summed E-state index contributed by atoms with van der Waals surface area (Å²) in [4.78, 5) is 6.58. The summed E-state index contributed by atoms with van der Waals surface area (Å²) in [5.74, 6) is 0. The molecule has 138 valence electrons. The summed E-state index contributed by atoms with van der Waals surface area (Å²) in [6, 6.07) is 18.0. The van der Waals surface area contributed by atoms with Gasteiger partial charge in [0.2, 0.25) is 0 Å². The highest BCUT2D eigenvalue weighted by Gasteiger charge is 2.40. The maximum absolute atomic E-state index is 9.58. The highest BCUT2D eigenvalue weighted by Crippen LogP contribution is 2.39. The number of hydrogen-bond acceptors (Lipinski definition) is 3. The largest absolute Gasteiger partial charge is 0.395 e. The summed E-state index contributed by atoms with van der Waals surface area (Å²) in [6.45, 7) is 0.494. The number of aliphatic hydroxyl groups excluding tert-OH is 1. The van der Waals surface area contributed by atoms with E-state index < -0.39 is 0 Å². The van der Waals surface area contributed by atoms with Crippen LogP contribution in [0.3, 0.4) is 0 Å². The molecular formula is C20H19BrN4OS. The van der Waals surface area contributed by atoms with Crippen LogP contribution in [0, 0.1) is 0 Å². The molecule has 4 rings (SSSR count). The fourth-order valence-electron chi connectivity index (χ4n) is 3.57. The molecule has 2 N–H and O–H groups in total. The van der Waals surface area contributed by atoms with E-state index in [1.165, 1.54) is 0 Å². The Bertz CT molecular complexity index is 946. The number of halogens is 1. The molecule has 2 aromatic heterocycles.